The molecule has 0 amide bonds. The van der Waals surface area contributed by atoms with E-state index in [1.807, 2.05) is 6.92 Å². The molecular formula is C49H84O19P2. The van der Waals surface area contributed by atoms with Gasteiger partial charge in [-0.15, -0.1) is 0 Å². The van der Waals surface area contributed by atoms with Crippen LogP contribution in [-0.2, 0) is 46.6 Å². The predicted octanol–water partition coefficient (Wildman–Crippen LogP) is 6.65. The number of cyclic esters (lactones) is 1. The minimum atomic E-state index is -5.79. The molecule has 2 rings (SSSR count). The summed E-state index contributed by atoms with van der Waals surface area (Å²) in [4.78, 5) is 70.7. The normalized spacial score (nSPS) is 30.4. The average Bonchev–Trinajstić information content (AvgIpc) is 3.30. The number of carbonyl (C=O) groups excluding carboxylic acids is 3. The van der Waals surface area contributed by atoms with Crippen LogP contribution in [0.1, 0.15) is 162 Å². The lowest BCUT2D eigenvalue weighted by molar-refractivity contribution is -0.165. The second-order valence-corrected chi connectivity index (χ2v) is 20.9. The van der Waals surface area contributed by atoms with E-state index in [0.29, 0.717) is 38.5 Å². The Labute approximate surface area is 414 Å². The molecule has 1 aliphatic carbocycles. The number of Topliss-reactive ketones (excluding diaryl/α,β-unsaturated/α-hetero) is 1. The van der Waals surface area contributed by atoms with E-state index in [1.54, 1.807) is 0 Å². The molecule has 2 bridgehead atoms. The number of fused-ring (bicyclic) bond motifs is 4. The lowest BCUT2D eigenvalue weighted by Crippen LogP contribution is -2.56. The van der Waals surface area contributed by atoms with Crippen LogP contribution < -0.4 is 0 Å². The lowest BCUT2D eigenvalue weighted by atomic mass is 9.82. The van der Waals surface area contributed by atoms with Crippen LogP contribution in [0.25, 0.3) is 0 Å². The molecule has 1 saturated heterocycles. The quantitative estimate of drug-likeness (QED) is 0.0211. The van der Waals surface area contributed by atoms with Crippen LogP contribution in [0.3, 0.4) is 0 Å². The Morgan fingerprint density at radius 1 is 0.786 bits per heavy atom. The van der Waals surface area contributed by atoms with Crippen molar-refractivity contribution in [2.45, 2.75) is 216 Å². The third kappa shape index (κ3) is 27.0. The molecule has 0 radical (unpaired) electrons. The molecule has 1 unspecified atom stereocenters. The summed E-state index contributed by atoms with van der Waals surface area (Å²) in [6.07, 6.45) is 8.77. The molecule has 21 heteroatoms. The van der Waals surface area contributed by atoms with E-state index in [2.05, 4.69) is 43.4 Å². The number of ketones is 1. The first kappa shape index (κ1) is 63.7. The number of hydrogen-bond donors (Lipinski definition) is 9. The fourth-order valence-electron chi connectivity index (χ4n) is 8.25. The highest BCUT2D eigenvalue weighted by Gasteiger charge is 2.51. The van der Waals surface area contributed by atoms with Gasteiger partial charge in [0.2, 0.25) is 0 Å². The standard InChI is InChI=1S/C49H84O19P2/c1-3-5-7-8-9-10-11-12-13-14-15-16-17-18-19-20-26-30-43(54)66-37-34-64-42(53)29-25-22-21-24-28-38-40(51)33-41(52)39(32-31-36(50)27-23-6-4-2)45(56)48(67-69(59,60)61)49(47(58)46(57)44(38)55)68-70(62,63)65-35-37/h9-10,12-13,15-16,31-32,36-40,44-51,55-58H,3-8,11,14,17-30,33-35H2,1-2H3,(H,62,63)(H2,59,60,61)/b10-9-,13-12-,16-15-,32-31+/t36-,37+,38-,39-,40-,44+,45+,46-,47+,48+,49-/m0/s1. The summed E-state index contributed by atoms with van der Waals surface area (Å²) in [5, 5.41) is 68.2. The number of esters is 2. The summed E-state index contributed by atoms with van der Waals surface area (Å²) < 4.78 is 52.2. The summed E-state index contributed by atoms with van der Waals surface area (Å²) >= 11 is 0. The first-order valence-corrected chi connectivity index (χ1v) is 28.3. The Bertz CT molecular complexity index is 1700. The van der Waals surface area contributed by atoms with Crippen molar-refractivity contribution in [3.63, 3.8) is 0 Å². The Balaban J connectivity index is 2.31. The molecule has 1 saturated carbocycles. The van der Waals surface area contributed by atoms with Gasteiger partial charge in [-0.05, 0) is 64.2 Å². The van der Waals surface area contributed by atoms with Gasteiger partial charge in [0, 0.05) is 25.2 Å². The molecule has 2 fully saturated rings. The van der Waals surface area contributed by atoms with Gasteiger partial charge in [-0.25, -0.2) is 9.13 Å². The van der Waals surface area contributed by atoms with Crippen molar-refractivity contribution in [3.8, 4) is 0 Å². The topological polar surface area (TPSA) is 314 Å². The van der Waals surface area contributed by atoms with Crippen LogP contribution in [-0.4, -0.2) is 131 Å². The number of rotatable bonds is 24. The minimum Gasteiger partial charge on any atom is -0.462 e. The summed E-state index contributed by atoms with van der Waals surface area (Å²) in [5.74, 6) is -5.68. The highest BCUT2D eigenvalue weighted by molar-refractivity contribution is 7.47. The van der Waals surface area contributed by atoms with Gasteiger partial charge in [0.25, 0.3) is 0 Å². The molecule has 2 aliphatic rings. The van der Waals surface area contributed by atoms with Crippen LogP contribution >= 0.6 is 15.6 Å². The molecule has 70 heavy (non-hydrogen) atoms. The summed E-state index contributed by atoms with van der Waals surface area (Å²) in [5.41, 5.74) is 0. The average molecular weight is 1040 g/mol. The number of phosphoric acid groups is 2. The number of phosphoric ester groups is 2. The number of allylic oxidation sites excluding steroid dienone is 6. The van der Waals surface area contributed by atoms with E-state index in [4.69, 9.17) is 23.0 Å². The SMILES string of the molecule is CCCCC/C=C\C/C=C\C/C=C\CCCCCCC(=O)O[C@@H]1COC(=O)CCCCCC[C@@H]2[C@@H](O)[C@H](O)[C@@H](O)[C@H](OP(=O)(O)OC1)[C@H](OP(=O)(O)O)[C@H](O)[C@@H](/C=C/[C@@H](O)CCCCC)C(=O)C[C@@H]2O. The van der Waals surface area contributed by atoms with Crippen LogP contribution in [0, 0.1) is 11.8 Å². The highest BCUT2D eigenvalue weighted by Crippen LogP contribution is 2.49. The lowest BCUT2D eigenvalue weighted by Gasteiger charge is -2.38. The molecule has 0 aromatic rings. The fourth-order valence-corrected chi connectivity index (χ4v) is 9.78. The van der Waals surface area contributed by atoms with E-state index in [9.17, 15) is 68.8 Å². The van der Waals surface area contributed by atoms with Gasteiger partial charge in [0.1, 0.15) is 36.8 Å². The van der Waals surface area contributed by atoms with Gasteiger partial charge in [-0.2, -0.15) is 0 Å². The Morgan fingerprint density at radius 3 is 2.06 bits per heavy atom. The van der Waals surface area contributed by atoms with Crippen LogP contribution in [0.2, 0.25) is 0 Å². The second kappa shape index (κ2) is 35.7. The largest absolute Gasteiger partial charge is 0.472 e. The molecule has 0 aromatic carbocycles. The fraction of sp³-hybridized carbons (Fsp3) is 0.776. The zero-order valence-corrected chi connectivity index (χ0v) is 42.9. The number of carbonyl (C=O) groups is 3. The summed E-state index contributed by atoms with van der Waals surface area (Å²) in [6, 6.07) is 0. The second-order valence-electron chi connectivity index (χ2n) is 18.3. The third-order valence-electron chi connectivity index (χ3n) is 12.3. The molecule has 19 nitrogen and oxygen atoms in total. The summed E-state index contributed by atoms with van der Waals surface area (Å²) in [7, 11) is -11.5. The smallest absolute Gasteiger partial charge is 0.462 e. The van der Waals surface area contributed by atoms with Crippen molar-refractivity contribution in [2.24, 2.45) is 11.8 Å². The molecule has 12 atom stereocenters. The number of hydrogen-bond acceptors (Lipinski definition) is 16. The maximum absolute atomic E-state index is 13.9. The minimum absolute atomic E-state index is 0.0566. The van der Waals surface area contributed by atoms with Crippen molar-refractivity contribution < 1.29 is 91.9 Å². The van der Waals surface area contributed by atoms with E-state index in [-0.39, 0.29) is 32.1 Å². The number of aliphatic hydroxyl groups is 6. The van der Waals surface area contributed by atoms with Crippen molar-refractivity contribution in [1.82, 2.24) is 0 Å². The molecule has 0 aromatic heterocycles. The maximum Gasteiger partial charge on any atom is 0.472 e. The molecule has 404 valence electrons. The monoisotopic (exact) mass is 1040 g/mol. The zero-order chi connectivity index (χ0) is 52.0. The van der Waals surface area contributed by atoms with Crippen LogP contribution in [0.15, 0.2) is 48.6 Å². The predicted molar refractivity (Wildman–Crippen MR) is 261 cm³/mol. The van der Waals surface area contributed by atoms with E-state index < -0.39 is 120 Å². The van der Waals surface area contributed by atoms with E-state index in [0.717, 1.165) is 63.5 Å². The maximum atomic E-state index is 13.9. The molecule has 1 heterocycles. The first-order chi connectivity index (χ1) is 33.3. The molecule has 1 aliphatic heterocycles. The van der Waals surface area contributed by atoms with Crippen molar-refractivity contribution in [3.05, 3.63) is 48.6 Å². The van der Waals surface area contributed by atoms with Gasteiger partial charge in [0.15, 0.2) is 6.10 Å². The molecular weight excluding hydrogens is 954 g/mol. The van der Waals surface area contributed by atoms with Gasteiger partial charge in [0.05, 0.1) is 36.9 Å². The number of aliphatic hydroxyl groups excluding tert-OH is 6. The zero-order valence-electron chi connectivity index (χ0n) is 41.1. The Kier molecular flexibility index (Phi) is 32.4. The van der Waals surface area contributed by atoms with E-state index >= 15 is 0 Å². The highest BCUT2D eigenvalue weighted by atomic mass is 31.2. The Hall–Kier alpha value is -2.45. The molecule has 0 spiro atoms. The number of ether oxygens (including phenoxy) is 2. The molecule has 9 N–H and O–H groups in total. The van der Waals surface area contributed by atoms with Gasteiger partial charge >= 0.3 is 27.6 Å². The van der Waals surface area contributed by atoms with Crippen molar-refractivity contribution >= 4 is 33.4 Å². The third-order valence-corrected chi connectivity index (χ3v) is 13.8. The van der Waals surface area contributed by atoms with E-state index in [1.165, 1.54) is 19.3 Å². The van der Waals surface area contributed by atoms with Gasteiger partial charge in [-0.1, -0.05) is 127 Å². The first-order valence-electron chi connectivity index (χ1n) is 25.3. The van der Waals surface area contributed by atoms with Gasteiger partial charge in [-0.3, -0.25) is 28.0 Å². The Morgan fingerprint density at radius 2 is 1.40 bits per heavy atom. The van der Waals surface area contributed by atoms with Crippen molar-refractivity contribution in [1.29, 1.82) is 0 Å². The van der Waals surface area contributed by atoms with Crippen LogP contribution in [0.5, 0.6) is 0 Å². The number of unbranched alkanes of at least 4 members (excludes halogenated alkanes) is 9. The summed E-state index contributed by atoms with van der Waals surface area (Å²) in [6.45, 7) is 2.52. The van der Waals surface area contributed by atoms with Crippen molar-refractivity contribution in [2.75, 3.05) is 13.2 Å². The van der Waals surface area contributed by atoms with Gasteiger partial charge < -0.3 is 54.8 Å². The van der Waals surface area contributed by atoms with Crippen LogP contribution in [0.4, 0.5) is 0 Å².